The first-order valence-corrected chi connectivity index (χ1v) is 5.31. The molecule has 0 amide bonds. The lowest BCUT2D eigenvalue weighted by atomic mass is 10.2. The predicted octanol–water partition coefficient (Wildman–Crippen LogP) is 1.65. The molecule has 0 unspecified atom stereocenters. The Hall–Kier alpha value is -2.11. The second kappa shape index (κ2) is 7.26. The molecular weight excluding hydrogens is 238 g/mol. The Balaban J connectivity index is 0.000000331. The predicted molar refractivity (Wildman–Crippen MR) is 64.6 cm³/mol. The van der Waals surface area contributed by atoms with E-state index in [0.717, 1.165) is 11.3 Å². The monoisotopic (exact) mass is 255 g/mol. The van der Waals surface area contributed by atoms with Gasteiger partial charge in [0.1, 0.15) is 5.75 Å². The summed E-state index contributed by atoms with van der Waals surface area (Å²) in [4.78, 5) is 23.4. The first-order valence-electron chi connectivity index (χ1n) is 5.31. The van der Waals surface area contributed by atoms with Crippen molar-refractivity contribution in [1.82, 2.24) is 4.98 Å². The van der Waals surface area contributed by atoms with Crippen LogP contribution < -0.4 is 0 Å². The molecule has 1 rings (SSSR count). The highest BCUT2D eigenvalue weighted by molar-refractivity contribution is 5.75. The summed E-state index contributed by atoms with van der Waals surface area (Å²) < 4.78 is 0. The van der Waals surface area contributed by atoms with E-state index in [1.807, 2.05) is 19.9 Å². The van der Waals surface area contributed by atoms with Crippen LogP contribution in [0, 0.1) is 20.8 Å². The van der Waals surface area contributed by atoms with Gasteiger partial charge in [0.15, 0.2) is 0 Å². The fourth-order valence-electron chi connectivity index (χ4n) is 1.23. The Morgan fingerprint density at radius 1 is 1.11 bits per heavy atom. The number of nitrogens with zero attached hydrogens (tertiary/aromatic N) is 1. The molecule has 18 heavy (non-hydrogen) atoms. The summed E-state index contributed by atoms with van der Waals surface area (Å²) in [6.07, 6.45) is -0.593. The van der Waals surface area contributed by atoms with Gasteiger partial charge in [0.25, 0.3) is 0 Å². The highest BCUT2D eigenvalue weighted by Gasteiger charge is 2.01. The van der Waals surface area contributed by atoms with E-state index in [1.54, 1.807) is 6.92 Å². The van der Waals surface area contributed by atoms with Crippen molar-refractivity contribution in [3.63, 3.8) is 0 Å². The van der Waals surface area contributed by atoms with Crippen LogP contribution in [0.25, 0.3) is 0 Å². The summed E-state index contributed by atoms with van der Waals surface area (Å²) in [5.41, 5.74) is 2.55. The number of carboxylic acids is 2. The maximum absolute atomic E-state index is 9.64. The second-order valence-corrected chi connectivity index (χ2v) is 3.80. The minimum absolute atomic E-state index is 0.296. The van der Waals surface area contributed by atoms with Crippen LogP contribution in [0.3, 0.4) is 0 Å². The zero-order chi connectivity index (χ0) is 14.3. The summed E-state index contributed by atoms with van der Waals surface area (Å²) in [7, 11) is 0. The average molecular weight is 255 g/mol. The topological polar surface area (TPSA) is 108 Å². The minimum Gasteiger partial charge on any atom is -0.506 e. The van der Waals surface area contributed by atoms with Gasteiger partial charge in [0, 0.05) is 5.69 Å². The molecule has 0 radical (unpaired) electrons. The maximum atomic E-state index is 9.64. The number of aromatic nitrogens is 1. The van der Waals surface area contributed by atoms with Gasteiger partial charge in [-0.3, -0.25) is 14.6 Å². The van der Waals surface area contributed by atoms with Crippen molar-refractivity contribution in [3.8, 4) is 5.75 Å². The number of aryl methyl sites for hydroxylation is 3. The molecule has 1 aromatic heterocycles. The molecule has 100 valence electrons. The van der Waals surface area contributed by atoms with Gasteiger partial charge in [-0.2, -0.15) is 0 Å². The number of hydrogen-bond acceptors (Lipinski definition) is 4. The molecule has 0 saturated carbocycles. The molecule has 0 aliphatic rings. The number of carboxylic acid groups (broad SMARTS) is 2. The molecule has 3 N–H and O–H groups in total. The molecule has 6 nitrogen and oxygen atoms in total. The molecule has 0 aromatic carbocycles. The number of rotatable bonds is 3. The third-order valence-electron chi connectivity index (χ3n) is 2.04. The number of pyridine rings is 1. The van der Waals surface area contributed by atoms with Crippen LogP contribution in [0.1, 0.15) is 29.8 Å². The molecule has 0 aliphatic carbocycles. The van der Waals surface area contributed by atoms with Crippen LogP contribution in [0.4, 0.5) is 0 Å². The Morgan fingerprint density at radius 3 is 1.89 bits per heavy atom. The fourth-order valence-corrected chi connectivity index (χ4v) is 1.23. The molecule has 1 heterocycles. The molecule has 0 aliphatic heterocycles. The van der Waals surface area contributed by atoms with Crippen molar-refractivity contribution in [3.05, 3.63) is 23.0 Å². The molecule has 1 aromatic rings. The molecule has 0 bridgehead atoms. The molecule has 0 spiro atoms. The minimum atomic E-state index is -1.08. The van der Waals surface area contributed by atoms with Crippen molar-refractivity contribution in [2.24, 2.45) is 0 Å². The Labute approximate surface area is 105 Å². The van der Waals surface area contributed by atoms with E-state index in [0.29, 0.717) is 11.4 Å². The van der Waals surface area contributed by atoms with Gasteiger partial charge >= 0.3 is 11.9 Å². The van der Waals surface area contributed by atoms with Crippen LogP contribution >= 0.6 is 0 Å². The van der Waals surface area contributed by atoms with Gasteiger partial charge in [-0.05, 0) is 32.4 Å². The van der Waals surface area contributed by atoms with E-state index in [9.17, 15) is 14.7 Å². The summed E-state index contributed by atoms with van der Waals surface area (Å²) in [5.74, 6) is -1.84. The number of aliphatic carboxylic acids is 2. The highest BCUT2D eigenvalue weighted by Crippen LogP contribution is 2.18. The Bertz CT molecular complexity index is 405. The molecule has 0 fully saturated rings. The smallest absolute Gasteiger partial charge is 0.303 e. The van der Waals surface area contributed by atoms with Gasteiger partial charge in [-0.25, -0.2) is 0 Å². The lowest BCUT2D eigenvalue weighted by Crippen LogP contribution is -2.00. The summed E-state index contributed by atoms with van der Waals surface area (Å²) in [5, 5.41) is 25.1. The van der Waals surface area contributed by atoms with E-state index < -0.39 is 11.9 Å². The number of aromatic hydroxyl groups is 1. The van der Waals surface area contributed by atoms with Crippen molar-refractivity contribution in [2.45, 2.75) is 33.6 Å². The number of hydrogen-bond donors (Lipinski definition) is 3. The molecule has 0 atom stereocenters. The van der Waals surface area contributed by atoms with Crippen LogP contribution in [-0.4, -0.2) is 32.2 Å². The fraction of sp³-hybridized carbons (Fsp3) is 0.417. The number of carbonyl (C=O) groups is 2. The zero-order valence-corrected chi connectivity index (χ0v) is 10.6. The van der Waals surface area contributed by atoms with Crippen molar-refractivity contribution >= 4 is 11.9 Å². The van der Waals surface area contributed by atoms with Gasteiger partial charge in [-0.15, -0.1) is 0 Å². The normalized spacial score (nSPS) is 9.28. The second-order valence-electron chi connectivity index (χ2n) is 3.80. The van der Waals surface area contributed by atoms with E-state index in [1.165, 1.54) is 0 Å². The van der Waals surface area contributed by atoms with E-state index in [2.05, 4.69) is 4.98 Å². The quantitative estimate of drug-likeness (QED) is 0.757. The molecule has 0 saturated heterocycles. The van der Waals surface area contributed by atoms with Gasteiger partial charge in [0.2, 0.25) is 0 Å². The third kappa shape index (κ3) is 6.47. The van der Waals surface area contributed by atoms with Crippen LogP contribution in [0.15, 0.2) is 6.07 Å². The third-order valence-corrected chi connectivity index (χ3v) is 2.04. The van der Waals surface area contributed by atoms with E-state index in [4.69, 9.17) is 10.2 Å². The van der Waals surface area contributed by atoms with Crippen molar-refractivity contribution in [2.75, 3.05) is 0 Å². The van der Waals surface area contributed by atoms with Crippen molar-refractivity contribution < 1.29 is 24.9 Å². The zero-order valence-electron chi connectivity index (χ0n) is 10.6. The standard InChI is InChI=1S/C8H11NO.C4H6O4/c1-5-4-6(2)9-7(3)8(5)10;5-3(6)1-2-4(7)8/h4,10H,1-3H3;1-2H2,(H,5,6)(H,7,8). The summed E-state index contributed by atoms with van der Waals surface area (Å²) >= 11 is 0. The Kier molecular flexibility index (Phi) is 6.41. The Morgan fingerprint density at radius 2 is 1.56 bits per heavy atom. The lowest BCUT2D eigenvalue weighted by molar-refractivity contribution is -0.143. The van der Waals surface area contributed by atoms with Gasteiger partial charge in [0.05, 0.1) is 18.5 Å². The SMILES string of the molecule is Cc1cc(C)c(O)c(C)n1.O=C(O)CCC(=O)O. The van der Waals surface area contributed by atoms with Crippen LogP contribution in [-0.2, 0) is 9.59 Å². The van der Waals surface area contributed by atoms with Crippen LogP contribution in [0.2, 0.25) is 0 Å². The van der Waals surface area contributed by atoms with Crippen LogP contribution in [0.5, 0.6) is 5.75 Å². The summed E-state index contributed by atoms with van der Waals surface area (Å²) in [6, 6.07) is 1.86. The first kappa shape index (κ1) is 15.9. The molecular formula is C12H17NO5. The summed E-state index contributed by atoms with van der Waals surface area (Å²) in [6.45, 7) is 5.59. The first-order chi connectivity index (χ1) is 8.23. The van der Waals surface area contributed by atoms with Gasteiger partial charge < -0.3 is 15.3 Å². The average Bonchev–Trinajstić information content (AvgIpc) is 2.24. The molecule has 6 heteroatoms. The van der Waals surface area contributed by atoms with Crippen molar-refractivity contribution in [1.29, 1.82) is 0 Å². The largest absolute Gasteiger partial charge is 0.506 e. The van der Waals surface area contributed by atoms with E-state index >= 15 is 0 Å². The lowest BCUT2D eigenvalue weighted by Gasteiger charge is -2.02. The highest BCUT2D eigenvalue weighted by atomic mass is 16.4. The van der Waals surface area contributed by atoms with E-state index in [-0.39, 0.29) is 12.8 Å². The maximum Gasteiger partial charge on any atom is 0.303 e. The van der Waals surface area contributed by atoms with Gasteiger partial charge in [-0.1, -0.05) is 0 Å².